The molecule has 0 spiro atoms. The second-order valence-corrected chi connectivity index (χ2v) is 1.67. The summed E-state index contributed by atoms with van der Waals surface area (Å²) in [6, 6.07) is 0. The summed E-state index contributed by atoms with van der Waals surface area (Å²) in [5, 5.41) is 10.8. The maximum Gasteiger partial charge on any atom is 0.152 e. The van der Waals surface area contributed by atoms with E-state index in [0.29, 0.717) is 5.82 Å². The molecule has 1 aromatic heterocycles. The summed E-state index contributed by atoms with van der Waals surface area (Å²) >= 11 is 0. The van der Waals surface area contributed by atoms with Gasteiger partial charge in [0.25, 0.3) is 0 Å². The van der Waals surface area contributed by atoms with Gasteiger partial charge in [0.1, 0.15) is 6.21 Å². The Balaban J connectivity index is 2.85. The molecule has 48 valence electrons. The summed E-state index contributed by atoms with van der Waals surface area (Å²) in [5.74, 6) is 0.565. The highest BCUT2D eigenvalue weighted by molar-refractivity contribution is 5.73. The van der Waals surface area contributed by atoms with E-state index in [1.807, 2.05) is 6.92 Å². The summed E-state index contributed by atoms with van der Waals surface area (Å²) in [6.45, 7) is 1.85. The van der Waals surface area contributed by atoms with E-state index in [1.165, 1.54) is 6.21 Å². The van der Waals surface area contributed by atoms with Gasteiger partial charge in [0.15, 0.2) is 5.82 Å². The van der Waals surface area contributed by atoms with Crippen molar-refractivity contribution >= 4 is 6.21 Å². The number of oxime groups is 1. The van der Waals surface area contributed by atoms with E-state index in [2.05, 4.69) is 15.1 Å². The van der Waals surface area contributed by atoms with Crippen LogP contribution < -0.4 is 0 Å². The Labute approximate surface area is 52.2 Å². The van der Waals surface area contributed by atoms with Crippen LogP contribution >= 0.6 is 0 Å². The molecule has 0 atom stereocenters. The van der Waals surface area contributed by atoms with E-state index in [-0.39, 0.29) is 0 Å². The molecule has 0 aliphatic heterocycles. The number of hydrogen-bond acceptors (Lipinski definition) is 3. The van der Waals surface area contributed by atoms with Gasteiger partial charge in [0.2, 0.25) is 0 Å². The molecule has 9 heavy (non-hydrogen) atoms. The number of imidazole rings is 1. The van der Waals surface area contributed by atoms with E-state index in [4.69, 9.17) is 5.21 Å². The predicted octanol–water partition coefficient (Wildman–Crippen LogP) is 0.526. The fourth-order valence-corrected chi connectivity index (χ4v) is 0.554. The first kappa shape index (κ1) is 5.81. The Kier molecular flexibility index (Phi) is 1.48. The third kappa shape index (κ3) is 1.28. The third-order valence-electron chi connectivity index (χ3n) is 0.906. The van der Waals surface area contributed by atoms with Crippen LogP contribution in [0.1, 0.15) is 11.5 Å². The molecule has 0 bridgehead atoms. The Hall–Kier alpha value is -1.32. The monoisotopic (exact) mass is 125 g/mol. The Morgan fingerprint density at radius 2 is 2.67 bits per heavy atom. The highest BCUT2D eigenvalue weighted by atomic mass is 16.4. The number of aryl methyl sites for hydroxylation is 1. The molecular weight excluding hydrogens is 118 g/mol. The molecule has 0 saturated carbocycles. The third-order valence-corrected chi connectivity index (χ3v) is 0.906. The van der Waals surface area contributed by atoms with E-state index in [9.17, 15) is 0 Å². The molecule has 4 heteroatoms. The van der Waals surface area contributed by atoms with Gasteiger partial charge in [-0.05, 0) is 6.92 Å². The van der Waals surface area contributed by atoms with Crippen molar-refractivity contribution in [3.05, 3.63) is 17.7 Å². The Bertz CT molecular complexity index is 216. The zero-order valence-electron chi connectivity index (χ0n) is 5.00. The van der Waals surface area contributed by atoms with Crippen molar-refractivity contribution in [1.82, 2.24) is 9.97 Å². The molecule has 0 fully saturated rings. The number of aromatic amines is 1. The summed E-state index contributed by atoms with van der Waals surface area (Å²) in [7, 11) is 0. The second kappa shape index (κ2) is 2.30. The Morgan fingerprint density at radius 3 is 3.11 bits per heavy atom. The van der Waals surface area contributed by atoms with Crippen LogP contribution in [-0.2, 0) is 0 Å². The maximum absolute atomic E-state index is 8.04. The van der Waals surface area contributed by atoms with Crippen molar-refractivity contribution in [3.63, 3.8) is 0 Å². The Morgan fingerprint density at radius 1 is 1.89 bits per heavy atom. The lowest BCUT2D eigenvalue weighted by Gasteiger charge is -1.75. The van der Waals surface area contributed by atoms with Crippen LogP contribution in [0.3, 0.4) is 0 Å². The van der Waals surface area contributed by atoms with E-state index >= 15 is 0 Å². The SMILES string of the molecule is Cc1c[nH]c(C=NO)n1. The van der Waals surface area contributed by atoms with Gasteiger partial charge in [0, 0.05) is 6.20 Å². The molecule has 0 amide bonds. The normalized spacial score (nSPS) is 10.8. The predicted molar refractivity (Wildman–Crippen MR) is 32.7 cm³/mol. The molecule has 0 aliphatic rings. The van der Waals surface area contributed by atoms with E-state index < -0.39 is 0 Å². The first-order chi connectivity index (χ1) is 4.33. The van der Waals surface area contributed by atoms with Crippen molar-refractivity contribution in [2.45, 2.75) is 6.92 Å². The van der Waals surface area contributed by atoms with Gasteiger partial charge in [-0.15, -0.1) is 0 Å². The minimum atomic E-state index is 0.565. The lowest BCUT2D eigenvalue weighted by molar-refractivity contribution is 0.321. The molecular formula is C5H7N3O. The van der Waals surface area contributed by atoms with Crippen molar-refractivity contribution in [3.8, 4) is 0 Å². The molecule has 0 aromatic carbocycles. The largest absolute Gasteiger partial charge is 0.411 e. The van der Waals surface area contributed by atoms with Crippen molar-refractivity contribution in [2.75, 3.05) is 0 Å². The van der Waals surface area contributed by atoms with Crippen LogP contribution in [0, 0.1) is 6.92 Å². The van der Waals surface area contributed by atoms with Gasteiger partial charge >= 0.3 is 0 Å². The fraction of sp³-hybridized carbons (Fsp3) is 0.200. The maximum atomic E-state index is 8.04. The first-order valence-corrected chi connectivity index (χ1v) is 2.52. The zero-order valence-corrected chi connectivity index (χ0v) is 5.00. The van der Waals surface area contributed by atoms with Gasteiger partial charge in [-0.3, -0.25) is 0 Å². The van der Waals surface area contributed by atoms with Crippen molar-refractivity contribution in [2.24, 2.45) is 5.16 Å². The summed E-state index contributed by atoms with van der Waals surface area (Å²) < 4.78 is 0. The van der Waals surface area contributed by atoms with E-state index in [1.54, 1.807) is 6.20 Å². The van der Waals surface area contributed by atoms with Gasteiger partial charge in [-0.2, -0.15) is 0 Å². The standard InChI is InChI=1S/C5H7N3O/c1-4-2-6-5(8-4)3-7-9/h2-3,9H,1H3,(H,6,8). The zero-order chi connectivity index (χ0) is 6.69. The number of rotatable bonds is 1. The van der Waals surface area contributed by atoms with Crippen LogP contribution in [0.15, 0.2) is 11.4 Å². The van der Waals surface area contributed by atoms with Crippen LogP contribution in [0.4, 0.5) is 0 Å². The van der Waals surface area contributed by atoms with Gasteiger partial charge < -0.3 is 10.2 Å². The molecule has 1 rings (SSSR count). The number of nitrogens with one attached hydrogen (secondary N) is 1. The molecule has 4 nitrogen and oxygen atoms in total. The quantitative estimate of drug-likeness (QED) is 0.326. The summed E-state index contributed by atoms with van der Waals surface area (Å²) in [6.07, 6.45) is 2.98. The van der Waals surface area contributed by atoms with Crippen molar-refractivity contribution in [1.29, 1.82) is 0 Å². The summed E-state index contributed by atoms with van der Waals surface area (Å²) in [4.78, 5) is 6.72. The van der Waals surface area contributed by atoms with Gasteiger partial charge in [0.05, 0.1) is 5.69 Å². The average molecular weight is 125 g/mol. The molecule has 2 N–H and O–H groups in total. The van der Waals surface area contributed by atoms with Crippen molar-refractivity contribution < 1.29 is 5.21 Å². The molecule has 0 aliphatic carbocycles. The van der Waals surface area contributed by atoms with Crippen LogP contribution in [0.25, 0.3) is 0 Å². The number of nitrogens with zero attached hydrogens (tertiary/aromatic N) is 2. The fourth-order valence-electron chi connectivity index (χ4n) is 0.554. The second-order valence-electron chi connectivity index (χ2n) is 1.67. The molecule has 0 unspecified atom stereocenters. The number of aromatic nitrogens is 2. The highest BCUT2D eigenvalue weighted by Crippen LogP contribution is 1.89. The minimum Gasteiger partial charge on any atom is -0.411 e. The lowest BCUT2D eigenvalue weighted by atomic mass is 10.6. The van der Waals surface area contributed by atoms with E-state index in [0.717, 1.165) is 5.69 Å². The van der Waals surface area contributed by atoms with Crippen LogP contribution in [0.2, 0.25) is 0 Å². The smallest absolute Gasteiger partial charge is 0.152 e. The van der Waals surface area contributed by atoms with Crippen LogP contribution in [-0.4, -0.2) is 21.4 Å². The minimum absolute atomic E-state index is 0.565. The molecule has 1 aromatic rings. The molecule has 0 radical (unpaired) electrons. The molecule has 1 heterocycles. The van der Waals surface area contributed by atoms with Gasteiger partial charge in [-0.1, -0.05) is 5.16 Å². The number of H-pyrrole nitrogens is 1. The first-order valence-electron chi connectivity index (χ1n) is 2.52. The van der Waals surface area contributed by atoms with Gasteiger partial charge in [-0.25, -0.2) is 4.98 Å². The van der Waals surface area contributed by atoms with Crippen LogP contribution in [0.5, 0.6) is 0 Å². The molecule has 0 saturated heterocycles. The lowest BCUT2D eigenvalue weighted by Crippen LogP contribution is -1.82. The summed E-state index contributed by atoms with van der Waals surface area (Å²) in [5.41, 5.74) is 0.880. The average Bonchev–Trinajstić information content (AvgIpc) is 2.17. The number of hydrogen-bond donors (Lipinski definition) is 2. The highest BCUT2D eigenvalue weighted by Gasteiger charge is 1.90. The topological polar surface area (TPSA) is 61.3 Å².